The Labute approximate surface area is 52.2 Å². The third-order valence-corrected chi connectivity index (χ3v) is 0.241. The molecule has 0 saturated heterocycles. The number of rotatable bonds is 1. The molecule has 6 heavy (non-hydrogen) atoms. The largest absolute Gasteiger partial charge is 2.00 e. The topological polar surface area (TPSA) is 22.3 Å². The minimum absolute atomic E-state index is 0. The molecule has 0 fully saturated rings. The van der Waals surface area contributed by atoms with Crippen molar-refractivity contribution in [2.24, 2.45) is 0 Å². The van der Waals surface area contributed by atoms with E-state index in [0.717, 1.165) is 6.08 Å². The molecule has 0 aromatic carbocycles. The minimum Gasteiger partial charge on any atom is -0.908 e. The summed E-state index contributed by atoms with van der Waals surface area (Å²) >= 11 is 0. The molecule has 2 heteroatoms. The molecule has 0 N–H and O–H groups in total. The van der Waals surface area contributed by atoms with E-state index < -0.39 is 0 Å². The van der Waals surface area contributed by atoms with E-state index in [2.05, 4.69) is 0 Å². The summed E-state index contributed by atoms with van der Waals surface area (Å²) in [6, 6.07) is 0. The van der Waals surface area contributed by atoms with Gasteiger partial charge < -0.3 is 11.1 Å². The zero-order valence-corrected chi connectivity index (χ0v) is 6.44. The molecule has 0 aromatic rings. The van der Waals surface area contributed by atoms with E-state index in [4.69, 9.17) is 12.0 Å². The van der Waals surface area contributed by atoms with Gasteiger partial charge in [-0.05, 0) is 0 Å². The molecule has 0 rings (SSSR count). The van der Waals surface area contributed by atoms with Crippen LogP contribution in [-0.2, 0) is 21.1 Å². The van der Waals surface area contributed by atoms with Gasteiger partial charge in [0.2, 0.25) is 0 Å². The van der Waals surface area contributed by atoms with Crippen LogP contribution in [0.3, 0.4) is 0 Å². The SMILES string of the molecule is [CH-]=CC(C)=[N-].[W+2]. The summed E-state index contributed by atoms with van der Waals surface area (Å²) < 4.78 is 0. The van der Waals surface area contributed by atoms with Crippen LogP contribution in [0, 0.1) is 6.58 Å². The van der Waals surface area contributed by atoms with E-state index in [9.17, 15) is 0 Å². The molecule has 0 aromatic heterocycles. The molecule has 1 nitrogen and oxygen atoms in total. The van der Waals surface area contributed by atoms with Crippen molar-refractivity contribution in [3.8, 4) is 0 Å². The second kappa shape index (κ2) is 5.10. The van der Waals surface area contributed by atoms with Crippen LogP contribution in [0.4, 0.5) is 0 Å². The Morgan fingerprint density at radius 1 is 1.83 bits per heavy atom. The van der Waals surface area contributed by atoms with Gasteiger partial charge in [0.1, 0.15) is 0 Å². The monoisotopic (exact) mass is 251 g/mol. The van der Waals surface area contributed by atoms with Crippen molar-refractivity contribution < 1.29 is 21.1 Å². The normalized spacial score (nSPS) is 5.50. The van der Waals surface area contributed by atoms with Crippen LogP contribution in [0.5, 0.6) is 0 Å². The van der Waals surface area contributed by atoms with Crippen molar-refractivity contribution >= 4 is 5.71 Å². The Hall–Kier alpha value is 0.0983. The Morgan fingerprint density at radius 2 is 2.00 bits per heavy atom. The second-order valence-electron chi connectivity index (χ2n) is 0.808. The maximum atomic E-state index is 8.10. The number of nitrogens with zero attached hydrogens (tertiary/aromatic N) is 1. The molecule has 0 amide bonds. The van der Waals surface area contributed by atoms with E-state index in [-0.39, 0.29) is 26.8 Å². The molecular formula is C4H5NW. The van der Waals surface area contributed by atoms with E-state index in [1.165, 1.54) is 6.92 Å². The van der Waals surface area contributed by atoms with Crippen LogP contribution in [0.2, 0.25) is 0 Å². The molecule has 0 aliphatic heterocycles. The summed E-state index contributed by atoms with van der Waals surface area (Å²) in [6.45, 7) is 6.27. The van der Waals surface area contributed by atoms with Gasteiger partial charge in [-0.3, -0.25) is 12.7 Å². The van der Waals surface area contributed by atoms with Crippen LogP contribution in [0.15, 0.2) is 6.08 Å². The molecule has 0 bridgehead atoms. The fourth-order valence-electron chi connectivity index (χ4n) is 0. The average Bonchev–Trinajstić information content (AvgIpc) is 1.38. The molecular weight excluding hydrogens is 246 g/mol. The molecule has 0 radical (unpaired) electrons. The van der Waals surface area contributed by atoms with Crippen LogP contribution in [-0.4, -0.2) is 5.71 Å². The van der Waals surface area contributed by atoms with Crippen molar-refractivity contribution in [1.82, 2.24) is 0 Å². The van der Waals surface area contributed by atoms with Crippen molar-refractivity contribution in [2.75, 3.05) is 0 Å². The first-order valence-corrected chi connectivity index (χ1v) is 1.35. The number of allylic oxidation sites excluding steroid dienone is 1. The third kappa shape index (κ3) is 8.94. The number of hydrogen-bond donors (Lipinski definition) is 0. The molecule has 0 unspecified atom stereocenters. The molecule has 0 aliphatic rings. The van der Waals surface area contributed by atoms with Crippen molar-refractivity contribution in [3.63, 3.8) is 0 Å². The van der Waals surface area contributed by atoms with Gasteiger partial charge in [-0.1, -0.05) is 0 Å². The van der Waals surface area contributed by atoms with Gasteiger partial charge >= 0.3 is 21.1 Å². The van der Waals surface area contributed by atoms with E-state index in [1.807, 2.05) is 0 Å². The smallest absolute Gasteiger partial charge is 0.908 e. The summed E-state index contributed by atoms with van der Waals surface area (Å²) in [4.78, 5) is 0. The van der Waals surface area contributed by atoms with E-state index in [0.29, 0.717) is 0 Å². The molecule has 0 atom stereocenters. The Bertz CT molecular complexity index is 58.6. The van der Waals surface area contributed by atoms with Crippen LogP contribution >= 0.6 is 0 Å². The Balaban J connectivity index is 0. The van der Waals surface area contributed by atoms with E-state index >= 15 is 0 Å². The molecule has 0 aliphatic carbocycles. The molecule has 0 heterocycles. The zero-order chi connectivity index (χ0) is 4.28. The maximum absolute atomic E-state index is 8.10. The first-order valence-electron chi connectivity index (χ1n) is 1.35. The quantitative estimate of drug-likeness (QED) is 0.490. The Morgan fingerprint density at radius 3 is 2.00 bits per heavy atom. The Kier molecular flexibility index (Phi) is 8.02. The van der Waals surface area contributed by atoms with Crippen LogP contribution in [0.25, 0.3) is 5.41 Å². The predicted octanol–water partition coefficient (Wildman–Crippen LogP) is 1.00. The standard InChI is InChI=1S/C4H5N.W/c1-3-4(2)5;/h1,3H,2H3;/q-2;+2. The van der Waals surface area contributed by atoms with Crippen molar-refractivity contribution in [3.05, 3.63) is 18.1 Å². The first kappa shape index (κ1) is 9.44. The number of hydrogen-bond acceptors (Lipinski definition) is 0. The van der Waals surface area contributed by atoms with Crippen molar-refractivity contribution in [1.29, 1.82) is 0 Å². The molecule has 0 spiro atoms. The fraction of sp³-hybridized carbons (Fsp3) is 0.250. The van der Waals surface area contributed by atoms with Gasteiger partial charge in [-0.25, -0.2) is 0 Å². The summed E-state index contributed by atoms with van der Waals surface area (Å²) in [5, 5.41) is 8.10. The molecule has 0 saturated carbocycles. The average molecular weight is 251 g/mol. The molecule has 32 valence electrons. The van der Waals surface area contributed by atoms with Gasteiger partial charge in [-0.2, -0.15) is 0 Å². The van der Waals surface area contributed by atoms with Crippen LogP contribution < -0.4 is 0 Å². The third-order valence-electron chi connectivity index (χ3n) is 0.241. The van der Waals surface area contributed by atoms with Crippen LogP contribution in [0.1, 0.15) is 6.92 Å². The summed E-state index contributed by atoms with van der Waals surface area (Å²) in [6.07, 6.45) is 1.14. The summed E-state index contributed by atoms with van der Waals surface area (Å²) in [5.41, 5.74) is 0.157. The fourth-order valence-corrected chi connectivity index (χ4v) is 0. The van der Waals surface area contributed by atoms with Gasteiger partial charge in [0.15, 0.2) is 0 Å². The second-order valence-corrected chi connectivity index (χ2v) is 0.808. The predicted molar refractivity (Wildman–Crippen MR) is 22.9 cm³/mol. The van der Waals surface area contributed by atoms with Gasteiger partial charge in [-0.15, -0.1) is 6.92 Å². The van der Waals surface area contributed by atoms with Gasteiger partial charge in [0.05, 0.1) is 0 Å². The summed E-state index contributed by atoms with van der Waals surface area (Å²) in [5.74, 6) is 0. The minimum atomic E-state index is 0. The maximum Gasteiger partial charge on any atom is 2.00 e. The van der Waals surface area contributed by atoms with Crippen molar-refractivity contribution in [2.45, 2.75) is 6.92 Å². The van der Waals surface area contributed by atoms with Gasteiger partial charge in [0.25, 0.3) is 0 Å². The first-order chi connectivity index (χ1) is 2.27. The van der Waals surface area contributed by atoms with E-state index in [1.54, 1.807) is 0 Å². The summed E-state index contributed by atoms with van der Waals surface area (Å²) in [7, 11) is 0. The zero-order valence-electron chi connectivity index (χ0n) is 3.51. The van der Waals surface area contributed by atoms with Gasteiger partial charge in [0, 0.05) is 0 Å².